The molecule has 2 heterocycles. The molecule has 9 heteroatoms. The molecule has 32 heavy (non-hydrogen) atoms. The van der Waals surface area contributed by atoms with Crippen LogP contribution in [0.5, 0.6) is 0 Å². The SMILES string of the molecule is CCc1sc(C2C(C#N)=C(N)N(c3cccc(C(F)(F)F)c3)C3=C2C(=O)CCC3)cc1Br. The van der Waals surface area contributed by atoms with Crippen LogP contribution < -0.4 is 10.6 Å². The number of thiophene rings is 1. The van der Waals surface area contributed by atoms with Crippen molar-refractivity contribution in [2.24, 2.45) is 5.73 Å². The van der Waals surface area contributed by atoms with Crippen molar-refractivity contribution in [2.45, 2.75) is 44.7 Å². The van der Waals surface area contributed by atoms with E-state index in [1.54, 1.807) is 0 Å². The normalized spacial score (nSPS) is 19.3. The Balaban J connectivity index is 1.95. The number of nitrogens with zero attached hydrogens (tertiary/aromatic N) is 2. The van der Waals surface area contributed by atoms with E-state index in [0.717, 1.165) is 32.8 Å². The van der Waals surface area contributed by atoms with E-state index in [1.807, 2.05) is 13.0 Å². The molecule has 1 aromatic carbocycles. The molecule has 2 N–H and O–H groups in total. The van der Waals surface area contributed by atoms with Crippen molar-refractivity contribution in [2.75, 3.05) is 4.90 Å². The number of allylic oxidation sites excluding steroid dienone is 3. The van der Waals surface area contributed by atoms with Crippen molar-refractivity contribution in [1.82, 2.24) is 0 Å². The number of anilines is 1. The second kappa shape index (κ2) is 8.41. The summed E-state index contributed by atoms with van der Waals surface area (Å²) in [4.78, 5) is 16.5. The zero-order valence-electron chi connectivity index (χ0n) is 17.1. The molecular formula is C23H19BrF3N3OS. The first kappa shape index (κ1) is 22.6. The van der Waals surface area contributed by atoms with E-state index in [4.69, 9.17) is 5.73 Å². The third-order valence-electron chi connectivity index (χ3n) is 5.73. The number of carbonyl (C=O) groups is 1. The molecular weight excluding hydrogens is 503 g/mol. The highest BCUT2D eigenvalue weighted by Gasteiger charge is 2.41. The fourth-order valence-electron chi connectivity index (χ4n) is 4.30. The summed E-state index contributed by atoms with van der Waals surface area (Å²) >= 11 is 5.05. The molecule has 4 nitrogen and oxygen atoms in total. The summed E-state index contributed by atoms with van der Waals surface area (Å²) in [5, 5.41) is 10.0. The number of benzene rings is 1. The lowest BCUT2D eigenvalue weighted by Gasteiger charge is -2.39. The van der Waals surface area contributed by atoms with Crippen LogP contribution in [0, 0.1) is 11.3 Å². The minimum Gasteiger partial charge on any atom is -0.384 e. The van der Waals surface area contributed by atoms with Gasteiger partial charge in [0.25, 0.3) is 0 Å². The van der Waals surface area contributed by atoms with Crippen LogP contribution in [0.15, 0.2) is 57.5 Å². The Hall–Kier alpha value is -2.57. The fourth-order valence-corrected chi connectivity index (χ4v) is 6.33. The van der Waals surface area contributed by atoms with Crippen LogP contribution in [0.25, 0.3) is 0 Å². The van der Waals surface area contributed by atoms with E-state index >= 15 is 0 Å². The summed E-state index contributed by atoms with van der Waals surface area (Å²) in [5.74, 6) is -0.657. The molecule has 0 amide bonds. The first-order chi connectivity index (χ1) is 15.2. The summed E-state index contributed by atoms with van der Waals surface area (Å²) in [6, 6.07) is 8.85. The number of rotatable bonds is 3. The van der Waals surface area contributed by atoms with Gasteiger partial charge in [-0.25, -0.2) is 0 Å². The highest BCUT2D eigenvalue weighted by Crippen LogP contribution is 2.49. The zero-order valence-corrected chi connectivity index (χ0v) is 19.5. The lowest BCUT2D eigenvalue weighted by Crippen LogP contribution is -2.38. The Morgan fingerprint density at radius 3 is 2.69 bits per heavy atom. The molecule has 1 unspecified atom stereocenters. The highest BCUT2D eigenvalue weighted by atomic mass is 79.9. The van der Waals surface area contributed by atoms with Gasteiger partial charge < -0.3 is 5.73 Å². The molecule has 0 radical (unpaired) electrons. The predicted molar refractivity (Wildman–Crippen MR) is 121 cm³/mol. The van der Waals surface area contributed by atoms with Gasteiger partial charge in [0.2, 0.25) is 0 Å². The number of ketones is 1. The number of nitriles is 1. The van der Waals surface area contributed by atoms with Crippen LogP contribution in [0.2, 0.25) is 0 Å². The van der Waals surface area contributed by atoms with E-state index in [-0.39, 0.29) is 22.9 Å². The quantitative estimate of drug-likeness (QED) is 0.507. The first-order valence-corrected chi connectivity index (χ1v) is 11.7. The molecule has 0 bridgehead atoms. The minimum absolute atomic E-state index is 0.0628. The second-order valence-electron chi connectivity index (χ2n) is 7.64. The second-order valence-corrected chi connectivity index (χ2v) is 9.66. The zero-order chi connectivity index (χ0) is 23.2. The number of halogens is 4. The van der Waals surface area contributed by atoms with E-state index in [2.05, 4.69) is 22.0 Å². The van der Waals surface area contributed by atoms with Crippen molar-refractivity contribution in [3.63, 3.8) is 0 Å². The average molecular weight is 522 g/mol. The molecule has 2 aromatic rings. The van der Waals surface area contributed by atoms with Gasteiger partial charge in [0.05, 0.1) is 23.1 Å². The fraction of sp³-hybridized carbons (Fsp3) is 0.304. The molecule has 1 aliphatic carbocycles. The molecule has 0 fully saturated rings. The van der Waals surface area contributed by atoms with Gasteiger partial charge in [0.1, 0.15) is 5.82 Å². The maximum atomic E-state index is 13.3. The average Bonchev–Trinajstić information content (AvgIpc) is 3.13. The molecule has 166 valence electrons. The van der Waals surface area contributed by atoms with Gasteiger partial charge in [-0.1, -0.05) is 13.0 Å². The molecule has 0 spiro atoms. The van der Waals surface area contributed by atoms with E-state index in [9.17, 15) is 23.2 Å². The van der Waals surface area contributed by atoms with Crippen LogP contribution in [-0.4, -0.2) is 5.78 Å². The highest BCUT2D eigenvalue weighted by molar-refractivity contribution is 9.10. The molecule has 0 saturated heterocycles. The maximum Gasteiger partial charge on any atom is 0.416 e. The monoisotopic (exact) mass is 521 g/mol. The summed E-state index contributed by atoms with van der Waals surface area (Å²) in [6.07, 6.45) is -2.35. The predicted octanol–water partition coefficient (Wildman–Crippen LogP) is 6.40. The summed E-state index contributed by atoms with van der Waals surface area (Å²) in [6.45, 7) is 2.02. The molecule has 4 rings (SSSR count). The van der Waals surface area contributed by atoms with Gasteiger partial charge in [0.15, 0.2) is 5.78 Å². The van der Waals surface area contributed by atoms with Crippen molar-refractivity contribution >= 4 is 38.7 Å². The van der Waals surface area contributed by atoms with Gasteiger partial charge in [-0.05, 0) is 59.5 Å². The maximum absolute atomic E-state index is 13.3. The van der Waals surface area contributed by atoms with E-state index in [1.165, 1.54) is 28.4 Å². The van der Waals surface area contributed by atoms with Gasteiger partial charge in [-0.3, -0.25) is 9.69 Å². The number of hydrogen-bond acceptors (Lipinski definition) is 5. The number of hydrogen-bond donors (Lipinski definition) is 1. The third kappa shape index (κ3) is 3.76. The van der Waals surface area contributed by atoms with Crippen molar-refractivity contribution < 1.29 is 18.0 Å². The number of alkyl halides is 3. The minimum atomic E-state index is -4.52. The Morgan fingerprint density at radius 2 is 2.06 bits per heavy atom. The van der Waals surface area contributed by atoms with E-state index < -0.39 is 17.7 Å². The molecule has 0 saturated carbocycles. The van der Waals surface area contributed by atoms with Crippen molar-refractivity contribution in [1.29, 1.82) is 5.26 Å². The molecule has 1 aromatic heterocycles. The summed E-state index contributed by atoms with van der Waals surface area (Å²) < 4.78 is 40.9. The summed E-state index contributed by atoms with van der Waals surface area (Å²) in [7, 11) is 0. The van der Waals surface area contributed by atoms with Gasteiger partial charge >= 0.3 is 6.18 Å². The Morgan fingerprint density at radius 1 is 1.31 bits per heavy atom. The van der Waals surface area contributed by atoms with Crippen LogP contribution >= 0.6 is 27.3 Å². The molecule has 1 aliphatic heterocycles. The number of aryl methyl sites for hydroxylation is 1. The van der Waals surface area contributed by atoms with Crippen molar-refractivity contribution in [3.8, 4) is 6.07 Å². The Labute approximate surface area is 196 Å². The first-order valence-electron chi connectivity index (χ1n) is 10.1. The van der Waals surface area contributed by atoms with E-state index in [0.29, 0.717) is 30.5 Å². The number of Topliss-reactive ketones (excluding diaryl/α,β-unsaturated/α-hetero) is 1. The summed E-state index contributed by atoms with van der Waals surface area (Å²) in [5.41, 5.74) is 7.00. The molecule has 2 aliphatic rings. The van der Waals surface area contributed by atoms with Crippen LogP contribution in [0.3, 0.4) is 0 Å². The van der Waals surface area contributed by atoms with Crippen LogP contribution in [0.1, 0.15) is 47.4 Å². The van der Waals surface area contributed by atoms with Crippen LogP contribution in [-0.2, 0) is 17.4 Å². The standard InChI is InChI=1S/C23H19BrF3N3OS/c1-2-18-15(24)10-19(32-18)20-14(11-28)22(29)30(16-7-4-8-17(31)21(16)20)13-6-3-5-12(9-13)23(25,26)27/h3,5-6,9-10,20H,2,4,7-8,29H2,1H3. The smallest absolute Gasteiger partial charge is 0.384 e. The van der Waals surface area contributed by atoms with Crippen LogP contribution in [0.4, 0.5) is 18.9 Å². The Bertz CT molecular complexity index is 1210. The number of carbonyl (C=O) groups excluding carboxylic acids is 1. The Kier molecular flexibility index (Phi) is 5.94. The topological polar surface area (TPSA) is 70.1 Å². The number of nitrogens with two attached hydrogens (primary N) is 1. The largest absolute Gasteiger partial charge is 0.416 e. The molecule has 1 atom stereocenters. The van der Waals surface area contributed by atoms with Gasteiger partial charge in [0, 0.05) is 37.6 Å². The van der Waals surface area contributed by atoms with Gasteiger partial charge in [-0.15, -0.1) is 11.3 Å². The third-order valence-corrected chi connectivity index (χ3v) is 8.04. The van der Waals surface area contributed by atoms with Crippen molar-refractivity contribution in [3.05, 3.63) is 72.8 Å². The van der Waals surface area contributed by atoms with Gasteiger partial charge in [-0.2, -0.15) is 18.4 Å². The lowest BCUT2D eigenvalue weighted by atomic mass is 9.78. The lowest BCUT2D eigenvalue weighted by molar-refractivity contribution is -0.137.